The summed E-state index contributed by atoms with van der Waals surface area (Å²) in [5.74, 6) is 0.371. The van der Waals surface area contributed by atoms with E-state index in [1.165, 1.54) is 25.7 Å². The van der Waals surface area contributed by atoms with Crippen LogP contribution in [-0.4, -0.2) is 17.8 Å². The second kappa shape index (κ2) is 4.73. The first kappa shape index (κ1) is 9.01. The summed E-state index contributed by atoms with van der Waals surface area (Å²) in [4.78, 5) is 0. The van der Waals surface area contributed by atoms with E-state index in [9.17, 15) is 0 Å². The third-order valence-corrected chi connectivity index (χ3v) is 2.70. The first-order valence-corrected chi connectivity index (χ1v) is 4.71. The summed E-state index contributed by atoms with van der Waals surface area (Å²) in [6.45, 7) is 0.279. The highest BCUT2D eigenvalue weighted by molar-refractivity contribution is 4.74. The fourth-order valence-corrected chi connectivity index (χ4v) is 1.82. The number of nitrogens with two attached hydrogens (primary N) is 1. The van der Waals surface area contributed by atoms with Gasteiger partial charge in [-0.3, -0.25) is 0 Å². The quantitative estimate of drug-likeness (QED) is 0.602. The average Bonchev–Trinajstić information content (AvgIpc) is 1.98. The third kappa shape index (κ3) is 2.80. The van der Waals surface area contributed by atoms with Crippen LogP contribution >= 0.6 is 0 Å². The summed E-state index contributed by atoms with van der Waals surface area (Å²) in [6.07, 6.45) is 7.37. The van der Waals surface area contributed by atoms with Crippen molar-refractivity contribution < 1.29 is 5.11 Å². The highest BCUT2D eigenvalue weighted by Crippen LogP contribution is 2.20. The van der Waals surface area contributed by atoms with Gasteiger partial charge in [0.05, 0.1) is 0 Å². The summed E-state index contributed by atoms with van der Waals surface area (Å²) >= 11 is 0. The van der Waals surface area contributed by atoms with Gasteiger partial charge in [0, 0.05) is 12.6 Å². The molecule has 2 atom stereocenters. The lowest BCUT2D eigenvalue weighted by atomic mass is 9.88. The lowest BCUT2D eigenvalue weighted by Crippen LogP contribution is -2.33. The molecule has 0 aliphatic heterocycles. The van der Waals surface area contributed by atoms with E-state index in [0.717, 1.165) is 12.8 Å². The van der Waals surface area contributed by atoms with E-state index in [0.29, 0.717) is 5.92 Å². The van der Waals surface area contributed by atoms with Gasteiger partial charge < -0.3 is 10.8 Å². The van der Waals surface area contributed by atoms with Gasteiger partial charge in [-0.1, -0.05) is 25.7 Å². The smallest absolute Gasteiger partial charge is 0.0474 e. The second-order valence-corrected chi connectivity index (χ2v) is 3.60. The molecule has 0 saturated heterocycles. The van der Waals surface area contributed by atoms with Gasteiger partial charge in [-0.25, -0.2) is 0 Å². The lowest BCUT2D eigenvalue weighted by molar-refractivity contribution is 0.182. The number of aliphatic hydroxyl groups excluding tert-OH is 1. The molecule has 0 radical (unpaired) electrons. The maximum absolute atomic E-state index is 9.00. The first-order chi connectivity index (χ1) is 5.34. The Hall–Kier alpha value is -0.0800. The standard InChI is InChI=1S/C9H19NO/c10-9-6-4-2-1-3-5-8(9)7-11/h8-9,11H,1-7,10H2. The molecule has 0 aromatic rings. The van der Waals surface area contributed by atoms with Gasteiger partial charge in [0.15, 0.2) is 0 Å². The second-order valence-electron chi connectivity index (χ2n) is 3.60. The molecule has 66 valence electrons. The van der Waals surface area contributed by atoms with Gasteiger partial charge in [-0.15, -0.1) is 0 Å². The molecule has 2 heteroatoms. The van der Waals surface area contributed by atoms with Gasteiger partial charge in [-0.05, 0) is 18.8 Å². The SMILES string of the molecule is NC1CCCCCCC1CO. The van der Waals surface area contributed by atoms with Crippen LogP contribution in [0.1, 0.15) is 38.5 Å². The van der Waals surface area contributed by atoms with Crippen molar-refractivity contribution in [1.29, 1.82) is 0 Å². The maximum Gasteiger partial charge on any atom is 0.0474 e. The van der Waals surface area contributed by atoms with Crippen LogP contribution in [0.2, 0.25) is 0 Å². The minimum Gasteiger partial charge on any atom is -0.396 e. The third-order valence-electron chi connectivity index (χ3n) is 2.70. The molecule has 0 amide bonds. The summed E-state index contributed by atoms with van der Waals surface area (Å²) in [5.41, 5.74) is 5.90. The molecular weight excluding hydrogens is 138 g/mol. The Labute approximate surface area is 68.8 Å². The van der Waals surface area contributed by atoms with Crippen molar-refractivity contribution in [3.63, 3.8) is 0 Å². The van der Waals surface area contributed by atoms with E-state index in [1.54, 1.807) is 0 Å². The van der Waals surface area contributed by atoms with E-state index >= 15 is 0 Å². The molecule has 3 N–H and O–H groups in total. The molecule has 1 fully saturated rings. The van der Waals surface area contributed by atoms with Gasteiger partial charge >= 0.3 is 0 Å². The fraction of sp³-hybridized carbons (Fsp3) is 1.00. The van der Waals surface area contributed by atoms with Crippen molar-refractivity contribution in [2.75, 3.05) is 6.61 Å². The summed E-state index contributed by atoms with van der Waals surface area (Å²) < 4.78 is 0. The molecule has 11 heavy (non-hydrogen) atoms. The molecule has 0 aromatic carbocycles. The zero-order chi connectivity index (χ0) is 8.10. The molecule has 1 rings (SSSR count). The van der Waals surface area contributed by atoms with Crippen LogP contribution in [0, 0.1) is 5.92 Å². The predicted octanol–water partition coefficient (Wildman–Crippen LogP) is 1.28. The summed E-state index contributed by atoms with van der Waals surface area (Å²) in [5, 5.41) is 9.00. The molecule has 1 aliphatic carbocycles. The van der Waals surface area contributed by atoms with E-state index in [2.05, 4.69) is 0 Å². The molecule has 2 nitrogen and oxygen atoms in total. The van der Waals surface area contributed by atoms with Crippen LogP contribution in [0.4, 0.5) is 0 Å². The largest absolute Gasteiger partial charge is 0.396 e. The van der Waals surface area contributed by atoms with Gasteiger partial charge in [-0.2, -0.15) is 0 Å². The molecule has 1 saturated carbocycles. The Morgan fingerprint density at radius 1 is 1.09 bits per heavy atom. The van der Waals surface area contributed by atoms with E-state index < -0.39 is 0 Å². The Kier molecular flexibility index (Phi) is 3.87. The Morgan fingerprint density at radius 3 is 2.36 bits per heavy atom. The van der Waals surface area contributed by atoms with Crippen molar-refractivity contribution in [2.24, 2.45) is 11.7 Å². The van der Waals surface area contributed by atoms with Crippen molar-refractivity contribution in [2.45, 2.75) is 44.6 Å². The first-order valence-electron chi connectivity index (χ1n) is 4.71. The molecule has 1 aliphatic rings. The topological polar surface area (TPSA) is 46.2 Å². The normalized spacial score (nSPS) is 34.4. The van der Waals surface area contributed by atoms with Crippen LogP contribution in [0.3, 0.4) is 0 Å². The van der Waals surface area contributed by atoms with Crippen LogP contribution in [0.5, 0.6) is 0 Å². The highest BCUT2D eigenvalue weighted by atomic mass is 16.3. The van der Waals surface area contributed by atoms with Gasteiger partial charge in [0.25, 0.3) is 0 Å². The Morgan fingerprint density at radius 2 is 1.73 bits per heavy atom. The van der Waals surface area contributed by atoms with Crippen LogP contribution in [0.15, 0.2) is 0 Å². The van der Waals surface area contributed by atoms with Crippen LogP contribution < -0.4 is 5.73 Å². The van der Waals surface area contributed by atoms with E-state index in [4.69, 9.17) is 10.8 Å². The predicted molar refractivity (Wildman–Crippen MR) is 46.3 cm³/mol. The molecule has 0 aromatic heterocycles. The average molecular weight is 157 g/mol. The number of hydrogen-bond acceptors (Lipinski definition) is 2. The molecule has 0 heterocycles. The summed E-state index contributed by atoms with van der Waals surface area (Å²) in [7, 11) is 0. The Bertz CT molecular complexity index is 106. The van der Waals surface area contributed by atoms with Gasteiger partial charge in [0.1, 0.15) is 0 Å². The van der Waals surface area contributed by atoms with Crippen LogP contribution in [-0.2, 0) is 0 Å². The summed E-state index contributed by atoms with van der Waals surface area (Å²) in [6, 6.07) is 0.250. The van der Waals surface area contributed by atoms with E-state index in [-0.39, 0.29) is 12.6 Å². The maximum atomic E-state index is 9.00. The van der Waals surface area contributed by atoms with Crippen molar-refractivity contribution in [3.05, 3.63) is 0 Å². The minimum absolute atomic E-state index is 0.250. The number of hydrogen-bond donors (Lipinski definition) is 2. The van der Waals surface area contributed by atoms with Crippen LogP contribution in [0.25, 0.3) is 0 Å². The fourth-order valence-electron chi connectivity index (χ4n) is 1.82. The molecular formula is C9H19NO. The minimum atomic E-state index is 0.250. The van der Waals surface area contributed by atoms with Gasteiger partial charge in [0.2, 0.25) is 0 Å². The highest BCUT2D eigenvalue weighted by Gasteiger charge is 2.17. The van der Waals surface area contributed by atoms with Crippen molar-refractivity contribution in [3.8, 4) is 0 Å². The molecule has 0 spiro atoms. The van der Waals surface area contributed by atoms with Crippen molar-refractivity contribution in [1.82, 2.24) is 0 Å². The van der Waals surface area contributed by atoms with E-state index in [1.807, 2.05) is 0 Å². The zero-order valence-corrected chi connectivity index (χ0v) is 7.13. The number of aliphatic hydroxyl groups is 1. The van der Waals surface area contributed by atoms with Crippen molar-refractivity contribution >= 4 is 0 Å². The molecule has 0 bridgehead atoms. The lowest BCUT2D eigenvalue weighted by Gasteiger charge is -2.24. The monoisotopic (exact) mass is 157 g/mol. The molecule has 2 unspecified atom stereocenters. The Balaban J connectivity index is 2.33. The zero-order valence-electron chi connectivity index (χ0n) is 7.13. The number of rotatable bonds is 1.